The first kappa shape index (κ1) is 19.8. The normalized spacial score (nSPS) is 11.3. The maximum absolute atomic E-state index is 5.73. The fourth-order valence-electron chi connectivity index (χ4n) is 2.39. The van der Waals surface area contributed by atoms with E-state index in [0.29, 0.717) is 26.3 Å². The molecule has 0 unspecified atom stereocenters. The minimum atomic E-state index is 0.583. The van der Waals surface area contributed by atoms with Crippen LogP contribution in [0.3, 0.4) is 0 Å². The molecule has 2 aromatic rings. The van der Waals surface area contributed by atoms with E-state index in [1.54, 1.807) is 7.11 Å². The van der Waals surface area contributed by atoms with E-state index in [0.717, 1.165) is 23.8 Å². The van der Waals surface area contributed by atoms with Crippen LogP contribution in [0.5, 0.6) is 5.75 Å². The first-order valence-corrected chi connectivity index (χ1v) is 8.99. The van der Waals surface area contributed by atoms with Crippen molar-refractivity contribution in [3.05, 3.63) is 65.2 Å². The van der Waals surface area contributed by atoms with Crippen LogP contribution in [0.2, 0.25) is 0 Å². The quantitative estimate of drug-likeness (QED) is 0.412. The van der Waals surface area contributed by atoms with Gasteiger partial charge in [0.05, 0.1) is 19.7 Å². The molecule has 5 nitrogen and oxygen atoms in total. The van der Waals surface area contributed by atoms with Gasteiger partial charge in [0, 0.05) is 13.7 Å². The average molecular weight is 355 g/mol. The molecule has 0 aliphatic carbocycles. The fraction of sp³-hybridized carbons (Fsp3) is 0.381. The van der Waals surface area contributed by atoms with E-state index in [2.05, 4.69) is 53.7 Å². The predicted molar refractivity (Wildman–Crippen MR) is 107 cm³/mol. The highest BCUT2D eigenvalue weighted by Crippen LogP contribution is 2.10. The summed E-state index contributed by atoms with van der Waals surface area (Å²) < 4.78 is 10.9. The van der Waals surface area contributed by atoms with E-state index in [9.17, 15) is 0 Å². The van der Waals surface area contributed by atoms with Crippen molar-refractivity contribution in [1.82, 2.24) is 10.6 Å². The minimum absolute atomic E-state index is 0.583. The van der Waals surface area contributed by atoms with Gasteiger partial charge in [-0.2, -0.15) is 0 Å². The molecule has 2 rings (SSSR count). The van der Waals surface area contributed by atoms with Crippen LogP contribution in [0.1, 0.15) is 23.6 Å². The average Bonchev–Trinajstić information content (AvgIpc) is 2.66. The molecular formula is C21H29N3O2. The van der Waals surface area contributed by atoms with Crippen LogP contribution in [0.15, 0.2) is 53.5 Å². The van der Waals surface area contributed by atoms with Crippen molar-refractivity contribution < 1.29 is 9.47 Å². The number of benzene rings is 2. The Hall–Kier alpha value is -2.53. The van der Waals surface area contributed by atoms with Crippen LogP contribution in [0.4, 0.5) is 0 Å². The molecule has 0 aliphatic heterocycles. The van der Waals surface area contributed by atoms with Crippen molar-refractivity contribution >= 4 is 5.96 Å². The molecule has 0 aromatic heterocycles. The maximum Gasteiger partial charge on any atom is 0.191 e. The molecular weight excluding hydrogens is 326 g/mol. The van der Waals surface area contributed by atoms with E-state index in [1.165, 1.54) is 11.1 Å². The predicted octanol–water partition coefficient (Wildman–Crippen LogP) is 3.28. The van der Waals surface area contributed by atoms with Gasteiger partial charge in [-0.1, -0.05) is 42.0 Å². The Bertz CT molecular complexity index is 667. The van der Waals surface area contributed by atoms with E-state index >= 15 is 0 Å². The molecule has 2 N–H and O–H groups in total. The van der Waals surface area contributed by atoms with Gasteiger partial charge in [0.2, 0.25) is 0 Å². The van der Waals surface area contributed by atoms with Gasteiger partial charge < -0.3 is 20.1 Å². The second-order valence-corrected chi connectivity index (χ2v) is 6.03. The van der Waals surface area contributed by atoms with Gasteiger partial charge in [-0.15, -0.1) is 0 Å². The van der Waals surface area contributed by atoms with Gasteiger partial charge in [0.15, 0.2) is 5.96 Å². The molecule has 0 atom stereocenters. The van der Waals surface area contributed by atoms with Crippen molar-refractivity contribution in [3.63, 3.8) is 0 Å². The van der Waals surface area contributed by atoms with E-state index in [4.69, 9.17) is 9.47 Å². The summed E-state index contributed by atoms with van der Waals surface area (Å²) in [4.78, 5) is 4.62. The Labute approximate surface area is 156 Å². The van der Waals surface area contributed by atoms with Crippen molar-refractivity contribution in [1.29, 1.82) is 0 Å². The van der Waals surface area contributed by atoms with Crippen molar-refractivity contribution in [2.45, 2.75) is 27.0 Å². The standard InChI is InChI=1S/C21H29N3O2/c1-4-22-21(23-13-14-26-20-11-5-17(2)6-12-20)24-15-18-7-9-19(10-8-18)16-25-3/h5-12H,4,13-16H2,1-3H3,(H2,22,23,24). The first-order valence-electron chi connectivity index (χ1n) is 8.99. The Morgan fingerprint density at radius 2 is 1.65 bits per heavy atom. The van der Waals surface area contributed by atoms with Crippen molar-refractivity contribution in [2.75, 3.05) is 26.8 Å². The summed E-state index contributed by atoms with van der Waals surface area (Å²) in [6.07, 6.45) is 0. The van der Waals surface area contributed by atoms with E-state index in [-0.39, 0.29) is 0 Å². The summed E-state index contributed by atoms with van der Waals surface area (Å²) >= 11 is 0. The smallest absolute Gasteiger partial charge is 0.191 e. The highest BCUT2D eigenvalue weighted by molar-refractivity contribution is 5.79. The monoisotopic (exact) mass is 355 g/mol. The number of nitrogens with zero attached hydrogens (tertiary/aromatic N) is 1. The minimum Gasteiger partial charge on any atom is -0.492 e. The zero-order chi connectivity index (χ0) is 18.6. The lowest BCUT2D eigenvalue weighted by Gasteiger charge is -2.12. The summed E-state index contributed by atoms with van der Waals surface area (Å²) in [6.45, 7) is 7.47. The topological polar surface area (TPSA) is 54.9 Å². The van der Waals surface area contributed by atoms with Gasteiger partial charge in [-0.05, 0) is 37.1 Å². The molecule has 0 aliphatic rings. The molecule has 5 heteroatoms. The lowest BCUT2D eigenvalue weighted by molar-refractivity contribution is 0.185. The van der Waals surface area contributed by atoms with Gasteiger partial charge in [-0.25, -0.2) is 4.99 Å². The number of hydrogen-bond donors (Lipinski definition) is 2. The summed E-state index contributed by atoms with van der Waals surface area (Å²) in [5, 5.41) is 6.55. The molecule has 140 valence electrons. The van der Waals surface area contributed by atoms with Crippen LogP contribution in [0.25, 0.3) is 0 Å². The van der Waals surface area contributed by atoms with Crippen LogP contribution < -0.4 is 15.4 Å². The number of hydrogen-bond acceptors (Lipinski definition) is 3. The SMILES string of the molecule is CCNC(=NCc1ccc(COC)cc1)NCCOc1ccc(C)cc1. The molecule has 0 saturated heterocycles. The third kappa shape index (κ3) is 7.15. The van der Waals surface area contributed by atoms with Crippen LogP contribution in [-0.4, -0.2) is 32.8 Å². The zero-order valence-electron chi connectivity index (χ0n) is 15.9. The summed E-state index contributed by atoms with van der Waals surface area (Å²) in [7, 11) is 1.70. The highest BCUT2D eigenvalue weighted by Gasteiger charge is 1.99. The van der Waals surface area contributed by atoms with Crippen LogP contribution in [0, 0.1) is 6.92 Å². The van der Waals surface area contributed by atoms with Crippen LogP contribution in [-0.2, 0) is 17.9 Å². The zero-order valence-corrected chi connectivity index (χ0v) is 15.9. The molecule has 0 amide bonds. The molecule has 0 spiro atoms. The molecule has 2 aromatic carbocycles. The molecule has 26 heavy (non-hydrogen) atoms. The summed E-state index contributed by atoms with van der Waals surface area (Å²) in [6, 6.07) is 16.4. The summed E-state index contributed by atoms with van der Waals surface area (Å²) in [5.41, 5.74) is 3.56. The molecule has 0 radical (unpaired) electrons. The third-order valence-corrected chi connectivity index (χ3v) is 3.78. The number of ether oxygens (including phenoxy) is 2. The number of nitrogens with one attached hydrogen (secondary N) is 2. The fourth-order valence-corrected chi connectivity index (χ4v) is 2.39. The van der Waals surface area contributed by atoms with E-state index in [1.807, 2.05) is 24.3 Å². The van der Waals surface area contributed by atoms with Gasteiger partial charge in [-0.3, -0.25) is 0 Å². The van der Waals surface area contributed by atoms with Gasteiger partial charge in [0.25, 0.3) is 0 Å². The van der Waals surface area contributed by atoms with E-state index < -0.39 is 0 Å². The Kier molecular flexibility index (Phi) is 8.49. The first-order chi connectivity index (χ1) is 12.7. The van der Waals surface area contributed by atoms with Crippen LogP contribution >= 0.6 is 0 Å². The number of aryl methyl sites for hydroxylation is 1. The molecule has 0 bridgehead atoms. The molecule has 0 fully saturated rings. The molecule has 0 saturated carbocycles. The Balaban J connectivity index is 1.79. The molecule has 0 heterocycles. The summed E-state index contributed by atoms with van der Waals surface area (Å²) in [5.74, 6) is 1.68. The van der Waals surface area contributed by atoms with Gasteiger partial charge in [0.1, 0.15) is 12.4 Å². The second-order valence-electron chi connectivity index (χ2n) is 6.03. The maximum atomic E-state index is 5.73. The highest BCUT2D eigenvalue weighted by atomic mass is 16.5. The largest absolute Gasteiger partial charge is 0.492 e. The third-order valence-electron chi connectivity index (χ3n) is 3.78. The Morgan fingerprint density at radius 3 is 2.31 bits per heavy atom. The van der Waals surface area contributed by atoms with Crippen molar-refractivity contribution in [2.24, 2.45) is 4.99 Å². The Morgan fingerprint density at radius 1 is 0.962 bits per heavy atom. The number of guanidine groups is 1. The number of rotatable bonds is 9. The van der Waals surface area contributed by atoms with Gasteiger partial charge >= 0.3 is 0 Å². The van der Waals surface area contributed by atoms with Crippen molar-refractivity contribution in [3.8, 4) is 5.75 Å². The second kappa shape index (κ2) is 11.2. The number of aliphatic imine (C=N–C) groups is 1. The lowest BCUT2D eigenvalue weighted by atomic mass is 10.1. The number of methoxy groups -OCH3 is 1. The lowest BCUT2D eigenvalue weighted by Crippen LogP contribution is -2.39.